The predicted octanol–water partition coefficient (Wildman–Crippen LogP) is 5.01. The van der Waals surface area contributed by atoms with Crippen molar-refractivity contribution in [2.45, 2.75) is 6.23 Å². The number of fused-ring (bicyclic) bond motifs is 1. The number of phenols is 1. The molecule has 0 spiro atoms. The molecule has 1 heterocycles. The Kier molecular flexibility index (Phi) is 5.25. The van der Waals surface area contributed by atoms with Crippen molar-refractivity contribution in [1.82, 2.24) is 4.98 Å². The highest BCUT2D eigenvalue weighted by Gasteiger charge is 2.14. The molecule has 6 heteroatoms. The SMILES string of the molecule is N#C/C(=C\c1ccc(O)c2ccccc12)C(O)Nc1nc(-c2ccccc2)cs1. The zero-order valence-corrected chi connectivity index (χ0v) is 16.1. The van der Waals surface area contributed by atoms with Crippen molar-refractivity contribution < 1.29 is 10.2 Å². The molecule has 0 radical (unpaired) electrons. The Bertz CT molecular complexity index is 1230. The first-order valence-corrected chi connectivity index (χ1v) is 9.81. The van der Waals surface area contributed by atoms with Gasteiger partial charge >= 0.3 is 0 Å². The fraction of sp³-hybridized carbons (Fsp3) is 0.0435. The van der Waals surface area contributed by atoms with Crippen LogP contribution >= 0.6 is 11.3 Å². The quantitative estimate of drug-likeness (QED) is 0.324. The number of benzene rings is 3. The maximum absolute atomic E-state index is 10.5. The smallest absolute Gasteiger partial charge is 0.185 e. The normalized spacial score (nSPS) is 12.5. The van der Waals surface area contributed by atoms with Crippen LogP contribution in [-0.4, -0.2) is 21.4 Å². The third kappa shape index (κ3) is 3.97. The summed E-state index contributed by atoms with van der Waals surface area (Å²) in [6.07, 6.45) is 0.410. The predicted molar refractivity (Wildman–Crippen MR) is 116 cm³/mol. The number of nitrogens with one attached hydrogen (secondary N) is 1. The fourth-order valence-corrected chi connectivity index (χ4v) is 3.79. The maximum Gasteiger partial charge on any atom is 0.185 e. The van der Waals surface area contributed by atoms with E-state index >= 15 is 0 Å². The molecule has 4 rings (SSSR count). The minimum atomic E-state index is -1.21. The second-order valence-electron chi connectivity index (χ2n) is 6.38. The highest BCUT2D eigenvalue weighted by atomic mass is 32.1. The maximum atomic E-state index is 10.5. The Morgan fingerprint density at radius 3 is 2.52 bits per heavy atom. The summed E-state index contributed by atoms with van der Waals surface area (Å²) in [6, 6.07) is 22.5. The number of phenolic OH excluding ortho intramolecular Hbond substituents is 1. The molecule has 1 aromatic heterocycles. The Labute approximate surface area is 171 Å². The van der Waals surface area contributed by atoms with Gasteiger partial charge in [-0.3, -0.25) is 0 Å². The van der Waals surface area contributed by atoms with Crippen molar-refractivity contribution in [3.63, 3.8) is 0 Å². The lowest BCUT2D eigenvalue weighted by Crippen LogP contribution is -2.20. The number of rotatable bonds is 5. The third-order valence-electron chi connectivity index (χ3n) is 4.50. The lowest BCUT2D eigenvalue weighted by molar-refractivity contribution is 0.245. The molecule has 1 atom stereocenters. The van der Waals surface area contributed by atoms with Gasteiger partial charge < -0.3 is 15.5 Å². The van der Waals surface area contributed by atoms with E-state index in [1.54, 1.807) is 18.2 Å². The minimum absolute atomic E-state index is 0.150. The molecule has 0 amide bonds. The molecule has 0 bridgehead atoms. The van der Waals surface area contributed by atoms with Crippen LogP contribution in [-0.2, 0) is 0 Å². The first-order chi connectivity index (χ1) is 14.2. The van der Waals surface area contributed by atoms with E-state index in [4.69, 9.17) is 0 Å². The number of aliphatic hydroxyl groups is 1. The lowest BCUT2D eigenvalue weighted by Gasteiger charge is -2.11. The van der Waals surface area contributed by atoms with Crippen molar-refractivity contribution in [2.75, 3.05) is 5.32 Å². The van der Waals surface area contributed by atoms with E-state index in [-0.39, 0.29) is 11.3 Å². The Hall–Kier alpha value is -3.66. The van der Waals surface area contributed by atoms with E-state index in [0.29, 0.717) is 10.5 Å². The van der Waals surface area contributed by atoms with Gasteiger partial charge in [-0.25, -0.2) is 4.98 Å². The first-order valence-electron chi connectivity index (χ1n) is 8.93. The zero-order chi connectivity index (χ0) is 20.2. The van der Waals surface area contributed by atoms with E-state index in [1.807, 2.05) is 60.0 Å². The number of aliphatic hydroxyl groups excluding tert-OH is 1. The molecule has 3 N–H and O–H groups in total. The highest BCUT2D eigenvalue weighted by molar-refractivity contribution is 7.14. The van der Waals surface area contributed by atoms with Crippen molar-refractivity contribution in [3.05, 3.63) is 83.2 Å². The molecule has 0 saturated heterocycles. The van der Waals surface area contributed by atoms with Crippen LogP contribution in [0.5, 0.6) is 5.75 Å². The van der Waals surface area contributed by atoms with E-state index < -0.39 is 6.23 Å². The number of hydrogen-bond donors (Lipinski definition) is 3. The van der Waals surface area contributed by atoms with Crippen LogP contribution in [0.4, 0.5) is 5.13 Å². The van der Waals surface area contributed by atoms with Gasteiger partial charge in [-0.15, -0.1) is 11.3 Å². The monoisotopic (exact) mass is 399 g/mol. The number of thiazole rings is 1. The molecule has 0 aliphatic carbocycles. The summed E-state index contributed by atoms with van der Waals surface area (Å²) in [7, 11) is 0. The van der Waals surface area contributed by atoms with Crippen LogP contribution in [0.2, 0.25) is 0 Å². The third-order valence-corrected chi connectivity index (χ3v) is 5.28. The summed E-state index contributed by atoms with van der Waals surface area (Å²) in [5, 5.41) is 36.9. The van der Waals surface area contributed by atoms with Crippen LogP contribution in [0.3, 0.4) is 0 Å². The van der Waals surface area contributed by atoms with Gasteiger partial charge in [-0.2, -0.15) is 5.26 Å². The molecule has 142 valence electrons. The molecule has 1 unspecified atom stereocenters. The largest absolute Gasteiger partial charge is 0.507 e. The molecule has 29 heavy (non-hydrogen) atoms. The molecule has 0 saturated carbocycles. The van der Waals surface area contributed by atoms with E-state index in [2.05, 4.69) is 16.4 Å². The van der Waals surface area contributed by atoms with Crippen molar-refractivity contribution in [2.24, 2.45) is 0 Å². The van der Waals surface area contributed by atoms with Crippen molar-refractivity contribution >= 4 is 33.3 Å². The van der Waals surface area contributed by atoms with Crippen LogP contribution in [0, 0.1) is 11.3 Å². The van der Waals surface area contributed by atoms with Gasteiger partial charge in [-0.1, -0.05) is 60.7 Å². The Balaban J connectivity index is 1.60. The molecule has 0 fully saturated rings. The molecular weight excluding hydrogens is 382 g/mol. The van der Waals surface area contributed by atoms with Crippen LogP contribution < -0.4 is 5.32 Å². The molecule has 5 nitrogen and oxygen atoms in total. The van der Waals surface area contributed by atoms with Gasteiger partial charge in [-0.05, 0) is 23.1 Å². The number of aromatic nitrogens is 1. The second kappa shape index (κ2) is 8.15. The van der Waals surface area contributed by atoms with Crippen molar-refractivity contribution in [1.29, 1.82) is 5.26 Å². The molecule has 0 aliphatic rings. The van der Waals surface area contributed by atoms with Crippen LogP contribution in [0.25, 0.3) is 28.1 Å². The number of hydrogen-bond acceptors (Lipinski definition) is 6. The average molecular weight is 399 g/mol. The Morgan fingerprint density at radius 2 is 1.76 bits per heavy atom. The summed E-state index contributed by atoms with van der Waals surface area (Å²) in [4.78, 5) is 4.48. The second-order valence-corrected chi connectivity index (χ2v) is 7.24. The number of anilines is 1. The van der Waals surface area contributed by atoms with Crippen LogP contribution in [0.15, 0.2) is 77.7 Å². The van der Waals surface area contributed by atoms with Gasteiger partial charge in [0.15, 0.2) is 11.4 Å². The molecule has 3 aromatic carbocycles. The molecule has 0 aliphatic heterocycles. The Morgan fingerprint density at radius 1 is 1.03 bits per heavy atom. The first kappa shape index (κ1) is 18.7. The minimum Gasteiger partial charge on any atom is -0.507 e. The van der Waals surface area contributed by atoms with E-state index in [9.17, 15) is 15.5 Å². The van der Waals surface area contributed by atoms with Crippen LogP contribution in [0.1, 0.15) is 5.56 Å². The highest BCUT2D eigenvalue weighted by Crippen LogP contribution is 2.30. The molecular formula is C23H17N3O2S. The number of nitriles is 1. The van der Waals surface area contributed by atoms with Gasteiger partial charge in [0.2, 0.25) is 0 Å². The van der Waals surface area contributed by atoms with Gasteiger partial charge in [0, 0.05) is 16.3 Å². The van der Waals surface area contributed by atoms with E-state index in [1.165, 1.54) is 11.3 Å². The van der Waals surface area contributed by atoms with E-state index in [0.717, 1.165) is 22.2 Å². The summed E-state index contributed by atoms with van der Waals surface area (Å²) in [5.41, 5.74) is 2.67. The number of nitrogens with zero attached hydrogens (tertiary/aromatic N) is 2. The van der Waals surface area contributed by atoms with Gasteiger partial charge in [0.05, 0.1) is 17.3 Å². The molecule has 4 aromatic rings. The summed E-state index contributed by atoms with van der Waals surface area (Å²) < 4.78 is 0. The van der Waals surface area contributed by atoms with Gasteiger partial charge in [0.25, 0.3) is 0 Å². The summed E-state index contributed by atoms with van der Waals surface area (Å²) in [5.74, 6) is 0.172. The number of aromatic hydroxyl groups is 1. The summed E-state index contributed by atoms with van der Waals surface area (Å²) >= 11 is 1.36. The topological polar surface area (TPSA) is 89.2 Å². The average Bonchev–Trinajstić information content (AvgIpc) is 3.22. The summed E-state index contributed by atoms with van der Waals surface area (Å²) in [6.45, 7) is 0. The fourth-order valence-electron chi connectivity index (χ4n) is 3.05. The van der Waals surface area contributed by atoms with Gasteiger partial charge in [0.1, 0.15) is 5.75 Å². The standard InChI is InChI=1S/C23H17N3O2S/c24-13-17(12-16-10-11-21(27)19-9-5-4-8-18(16)19)22(28)26-23-25-20(14-29-23)15-6-2-1-3-7-15/h1-12,14,22,27-28H,(H,25,26)/b17-12+. The lowest BCUT2D eigenvalue weighted by atomic mass is 10.0. The zero-order valence-electron chi connectivity index (χ0n) is 15.3. The van der Waals surface area contributed by atoms with Crippen molar-refractivity contribution in [3.8, 4) is 23.1 Å².